The van der Waals surface area contributed by atoms with Gasteiger partial charge in [0.1, 0.15) is 22.9 Å². The molecule has 0 atom stereocenters. The Kier molecular flexibility index (Phi) is 7.39. The third-order valence-corrected chi connectivity index (χ3v) is 6.37. The van der Waals surface area contributed by atoms with Crippen LogP contribution >= 0.6 is 0 Å². The number of halogens is 5. The van der Waals surface area contributed by atoms with Crippen LogP contribution in [0.15, 0.2) is 36.4 Å². The van der Waals surface area contributed by atoms with Gasteiger partial charge < -0.3 is 4.74 Å². The van der Waals surface area contributed by atoms with Gasteiger partial charge in [-0.1, -0.05) is 31.6 Å². The van der Waals surface area contributed by atoms with Gasteiger partial charge in [0.2, 0.25) is 0 Å². The summed E-state index contributed by atoms with van der Waals surface area (Å²) in [5.41, 5.74) is -0.793. The second-order valence-electron chi connectivity index (χ2n) is 8.85. The Morgan fingerprint density at radius 3 is 2.26 bits per heavy atom. The Morgan fingerprint density at radius 2 is 1.60 bits per heavy atom. The molecule has 2 nitrogen and oxygen atoms in total. The van der Waals surface area contributed by atoms with Gasteiger partial charge in [-0.3, -0.25) is 0 Å². The summed E-state index contributed by atoms with van der Waals surface area (Å²) in [6, 6.07) is 5.95. The van der Waals surface area contributed by atoms with Gasteiger partial charge in [0.05, 0.1) is 0 Å². The number of esters is 1. The van der Waals surface area contributed by atoms with Crippen molar-refractivity contribution >= 4 is 16.7 Å². The minimum absolute atomic E-state index is 0.0815. The molecule has 0 aliphatic heterocycles. The van der Waals surface area contributed by atoms with E-state index in [1.807, 2.05) is 0 Å². The largest absolute Gasteiger partial charge is 0.423 e. The molecule has 4 rings (SSSR count). The van der Waals surface area contributed by atoms with E-state index in [0.717, 1.165) is 74.4 Å². The van der Waals surface area contributed by atoms with Gasteiger partial charge >= 0.3 is 5.97 Å². The highest BCUT2D eigenvalue weighted by Crippen LogP contribution is 2.31. The Balaban J connectivity index is 1.49. The molecule has 0 radical (unpaired) electrons. The van der Waals surface area contributed by atoms with Crippen molar-refractivity contribution in [1.29, 1.82) is 0 Å². The van der Waals surface area contributed by atoms with Crippen molar-refractivity contribution in [3.05, 3.63) is 76.6 Å². The standard InChI is InChI=1S/C28H23F5O2/c1-2-3-16-4-6-17(7-5-16)8-9-18-12-22(29)25(23(30)13-18)28(34)35-20-10-11-21-19(14-20)15-24(31)27(33)26(21)32/h10-17H,2-7H2,1H3. The van der Waals surface area contributed by atoms with Crippen molar-refractivity contribution < 1.29 is 31.5 Å². The highest BCUT2D eigenvalue weighted by atomic mass is 19.2. The number of hydrogen-bond acceptors (Lipinski definition) is 2. The Hall–Kier alpha value is -3.40. The lowest BCUT2D eigenvalue weighted by Gasteiger charge is -2.25. The van der Waals surface area contributed by atoms with Crippen LogP contribution in [0.1, 0.15) is 61.4 Å². The highest BCUT2D eigenvalue weighted by Gasteiger charge is 2.22. The average Bonchev–Trinajstić information content (AvgIpc) is 2.82. The van der Waals surface area contributed by atoms with Crippen LogP contribution in [0.4, 0.5) is 22.0 Å². The van der Waals surface area contributed by atoms with E-state index in [1.165, 1.54) is 6.42 Å². The molecule has 3 aromatic rings. The minimum atomic E-state index is -1.63. The summed E-state index contributed by atoms with van der Waals surface area (Å²) in [7, 11) is 0. The van der Waals surface area contributed by atoms with E-state index >= 15 is 0 Å². The van der Waals surface area contributed by atoms with Crippen LogP contribution < -0.4 is 4.74 Å². The van der Waals surface area contributed by atoms with Gasteiger partial charge in [-0.25, -0.2) is 26.7 Å². The number of fused-ring (bicyclic) bond motifs is 1. The van der Waals surface area contributed by atoms with Gasteiger partial charge in [-0.15, -0.1) is 0 Å². The molecule has 1 fully saturated rings. The van der Waals surface area contributed by atoms with Gasteiger partial charge in [0.25, 0.3) is 0 Å². The number of carbonyl (C=O) groups is 1. The molecule has 1 saturated carbocycles. The van der Waals surface area contributed by atoms with E-state index in [1.54, 1.807) is 0 Å². The van der Waals surface area contributed by atoms with E-state index < -0.39 is 40.6 Å². The normalized spacial score (nSPS) is 17.7. The molecule has 182 valence electrons. The van der Waals surface area contributed by atoms with Crippen LogP contribution in [-0.2, 0) is 0 Å². The third-order valence-electron chi connectivity index (χ3n) is 6.37. The monoisotopic (exact) mass is 486 g/mol. The molecular weight excluding hydrogens is 463 g/mol. The molecule has 0 aromatic heterocycles. The molecule has 0 bridgehead atoms. The zero-order valence-corrected chi connectivity index (χ0v) is 19.1. The maximum atomic E-state index is 14.6. The Morgan fingerprint density at radius 1 is 0.914 bits per heavy atom. The first-order valence-electron chi connectivity index (χ1n) is 11.6. The summed E-state index contributed by atoms with van der Waals surface area (Å²) >= 11 is 0. The minimum Gasteiger partial charge on any atom is -0.423 e. The van der Waals surface area contributed by atoms with E-state index in [0.29, 0.717) is 0 Å². The number of rotatable bonds is 4. The van der Waals surface area contributed by atoms with Crippen LogP contribution in [0.2, 0.25) is 0 Å². The van der Waals surface area contributed by atoms with E-state index in [4.69, 9.17) is 4.74 Å². The molecule has 35 heavy (non-hydrogen) atoms. The quantitative estimate of drug-likeness (QED) is 0.124. The summed E-state index contributed by atoms with van der Waals surface area (Å²) < 4.78 is 75.0. The topological polar surface area (TPSA) is 26.3 Å². The maximum absolute atomic E-state index is 14.6. The van der Waals surface area contributed by atoms with E-state index in [-0.39, 0.29) is 28.0 Å². The van der Waals surface area contributed by atoms with Gasteiger partial charge in [0, 0.05) is 16.9 Å². The summed E-state index contributed by atoms with van der Waals surface area (Å²) in [4.78, 5) is 12.4. The average molecular weight is 486 g/mol. The summed E-state index contributed by atoms with van der Waals surface area (Å²) in [5, 5.41) is -0.315. The lowest BCUT2D eigenvalue weighted by molar-refractivity contribution is 0.0725. The molecule has 0 heterocycles. The summed E-state index contributed by atoms with van der Waals surface area (Å²) in [5.74, 6) is -1.44. The van der Waals surface area contributed by atoms with Gasteiger partial charge in [-0.05, 0) is 73.4 Å². The van der Waals surface area contributed by atoms with Crippen LogP contribution in [0.5, 0.6) is 5.75 Å². The fourth-order valence-electron chi connectivity index (χ4n) is 4.53. The van der Waals surface area contributed by atoms with Crippen LogP contribution in [0.3, 0.4) is 0 Å². The number of benzene rings is 3. The Labute approximate surface area is 200 Å². The number of ether oxygens (including phenoxy) is 1. The van der Waals surface area contributed by atoms with Crippen LogP contribution in [0.25, 0.3) is 10.8 Å². The van der Waals surface area contributed by atoms with Gasteiger partial charge in [0.15, 0.2) is 17.5 Å². The molecule has 0 amide bonds. The second-order valence-corrected chi connectivity index (χ2v) is 8.85. The summed E-state index contributed by atoms with van der Waals surface area (Å²) in [6.45, 7) is 2.17. The molecule has 0 saturated heterocycles. The SMILES string of the molecule is CCCC1CCC(C#Cc2cc(F)c(C(=O)Oc3ccc4c(F)c(F)c(F)cc4c3)c(F)c2)CC1. The van der Waals surface area contributed by atoms with Gasteiger partial charge in [-0.2, -0.15) is 0 Å². The molecule has 3 aromatic carbocycles. The van der Waals surface area contributed by atoms with Crippen molar-refractivity contribution in [2.75, 3.05) is 0 Å². The first-order valence-corrected chi connectivity index (χ1v) is 11.6. The van der Waals surface area contributed by atoms with Crippen LogP contribution in [0, 0.1) is 52.8 Å². The third kappa shape index (κ3) is 5.48. The lowest BCUT2D eigenvalue weighted by atomic mass is 9.80. The van der Waals surface area contributed by atoms with Crippen molar-refractivity contribution in [2.45, 2.75) is 45.4 Å². The fourth-order valence-corrected chi connectivity index (χ4v) is 4.53. The zero-order chi connectivity index (χ0) is 25.1. The maximum Gasteiger partial charge on any atom is 0.349 e. The highest BCUT2D eigenvalue weighted by molar-refractivity contribution is 5.93. The fraction of sp³-hybridized carbons (Fsp3) is 0.321. The lowest BCUT2D eigenvalue weighted by Crippen LogP contribution is -2.14. The van der Waals surface area contributed by atoms with Crippen molar-refractivity contribution in [2.24, 2.45) is 11.8 Å². The summed E-state index contributed by atoms with van der Waals surface area (Å²) in [6.07, 6.45) is 6.48. The van der Waals surface area contributed by atoms with E-state index in [2.05, 4.69) is 18.8 Å². The van der Waals surface area contributed by atoms with E-state index in [9.17, 15) is 26.7 Å². The molecule has 0 N–H and O–H groups in total. The molecule has 1 aliphatic carbocycles. The van der Waals surface area contributed by atoms with Crippen molar-refractivity contribution in [3.63, 3.8) is 0 Å². The molecule has 1 aliphatic rings. The van der Waals surface area contributed by atoms with Crippen molar-refractivity contribution in [1.82, 2.24) is 0 Å². The predicted octanol–water partition coefficient (Wildman–Crippen LogP) is 7.71. The van der Waals surface area contributed by atoms with Crippen molar-refractivity contribution in [3.8, 4) is 17.6 Å². The molecule has 7 heteroatoms. The molecular formula is C28H23F5O2. The second kappa shape index (κ2) is 10.5. The smallest absolute Gasteiger partial charge is 0.349 e. The first-order chi connectivity index (χ1) is 16.8. The molecule has 0 spiro atoms. The van der Waals surface area contributed by atoms with Crippen LogP contribution in [-0.4, -0.2) is 5.97 Å². The Bertz CT molecular complexity index is 1310. The first kappa shape index (κ1) is 24.7. The zero-order valence-electron chi connectivity index (χ0n) is 19.1. The molecule has 0 unspecified atom stereocenters. The number of carbonyl (C=O) groups excluding carboxylic acids is 1. The predicted molar refractivity (Wildman–Crippen MR) is 122 cm³/mol. The number of hydrogen-bond donors (Lipinski definition) is 0.